The molecule has 5 nitrogen and oxygen atoms in total. The van der Waals surface area contributed by atoms with Crippen molar-refractivity contribution in [2.75, 3.05) is 11.5 Å². The van der Waals surface area contributed by atoms with Crippen LogP contribution in [-0.2, 0) is 14.4 Å². The Hall–Kier alpha value is -0.530. The van der Waals surface area contributed by atoms with E-state index in [2.05, 4.69) is 5.32 Å². The number of rotatable bonds is 12. The number of carbonyl (C=O) groups is 3. The highest BCUT2D eigenvalue weighted by Crippen LogP contribution is 2.24. The van der Waals surface area contributed by atoms with Crippen molar-refractivity contribution >= 4 is 39.1 Å². The highest BCUT2D eigenvalue weighted by atomic mass is 33.1. The third-order valence-electron chi connectivity index (χ3n) is 3.33. The van der Waals surface area contributed by atoms with Gasteiger partial charge in [0, 0.05) is 17.4 Å². The third kappa shape index (κ3) is 9.48. The molecule has 0 aliphatic rings. The van der Waals surface area contributed by atoms with Crippen molar-refractivity contribution in [3.8, 4) is 0 Å². The molecule has 0 fully saturated rings. The fourth-order valence-electron chi connectivity index (χ4n) is 1.53. The SMILES string of the molecule is CCCCC(NC(=O)C(N)CSSCC(C)C(C)=O)C(C)=O. The van der Waals surface area contributed by atoms with Crippen LogP contribution in [-0.4, -0.2) is 41.1 Å². The van der Waals surface area contributed by atoms with Gasteiger partial charge in [-0.3, -0.25) is 14.4 Å². The van der Waals surface area contributed by atoms with E-state index in [1.165, 1.54) is 17.7 Å². The van der Waals surface area contributed by atoms with E-state index in [-0.39, 0.29) is 23.4 Å². The first-order valence-electron chi connectivity index (χ1n) is 7.60. The Balaban J connectivity index is 4.08. The number of ketones is 2. The van der Waals surface area contributed by atoms with Gasteiger partial charge in [0.1, 0.15) is 5.78 Å². The van der Waals surface area contributed by atoms with E-state index in [4.69, 9.17) is 5.73 Å². The highest BCUT2D eigenvalue weighted by Gasteiger charge is 2.21. The van der Waals surface area contributed by atoms with Crippen LogP contribution in [0.4, 0.5) is 0 Å². The number of Topliss-reactive ketones (excluding diaryl/α,β-unsaturated/α-hetero) is 2. The van der Waals surface area contributed by atoms with Gasteiger partial charge >= 0.3 is 0 Å². The molecule has 1 amide bonds. The average molecular weight is 349 g/mol. The average Bonchev–Trinajstić information content (AvgIpc) is 2.46. The van der Waals surface area contributed by atoms with E-state index in [9.17, 15) is 14.4 Å². The minimum absolute atomic E-state index is 0.0127. The van der Waals surface area contributed by atoms with Crippen molar-refractivity contribution in [1.29, 1.82) is 0 Å². The molecule has 0 spiro atoms. The minimum atomic E-state index is -0.645. The first-order valence-corrected chi connectivity index (χ1v) is 10.1. The van der Waals surface area contributed by atoms with E-state index >= 15 is 0 Å². The maximum atomic E-state index is 12.0. The van der Waals surface area contributed by atoms with Crippen LogP contribution in [0, 0.1) is 5.92 Å². The summed E-state index contributed by atoms with van der Waals surface area (Å²) < 4.78 is 0. The molecule has 22 heavy (non-hydrogen) atoms. The first kappa shape index (κ1) is 21.5. The van der Waals surface area contributed by atoms with Gasteiger partial charge in [0.2, 0.25) is 5.91 Å². The molecule has 3 unspecified atom stereocenters. The van der Waals surface area contributed by atoms with Gasteiger partial charge in [0.15, 0.2) is 5.78 Å². The van der Waals surface area contributed by atoms with Gasteiger partial charge in [-0.25, -0.2) is 0 Å². The lowest BCUT2D eigenvalue weighted by molar-refractivity contribution is -0.127. The molecular weight excluding hydrogens is 320 g/mol. The summed E-state index contributed by atoms with van der Waals surface area (Å²) in [5, 5.41) is 2.73. The monoisotopic (exact) mass is 348 g/mol. The molecule has 0 aromatic carbocycles. The van der Waals surface area contributed by atoms with Gasteiger partial charge in [-0.15, -0.1) is 0 Å². The summed E-state index contributed by atoms with van der Waals surface area (Å²) in [5.74, 6) is 1.02. The Labute approximate surface area is 141 Å². The largest absolute Gasteiger partial charge is 0.345 e. The van der Waals surface area contributed by atoms with Crippen molar-refractivity contribution in [2.45, 2.75) is 59.0 Å². The van der Waals surface area contributed by atoms with Crippen LogP contribution in [0.2, 0.25) is 0 Å². The molecule has 3 N–H and O–H groups in total. The second-order valence-electron chi connectivity index (χ2n) is 5.50. The molecule has 0 radical (unpaired) electrons. The molecule has 0 aromatic heterocycles. The molecule has 0 saturated heterocycles. The number of hydrogen-bond donors (Lipinski definition) is 2. The maximum Gasteiger partial charge on any atom is 0.238 e. The summed E-state index contributed by atoms with van der Waals surface area (Å²) in [4.78, 5) is 34.6. The normalized spacial score (nSPS) is 15.0. The zero-order valence-electron chi connectivity index (χ0n) is 13.9. The Morgan fingerprint density at radius 3 is 2.18 bits per heavy atom. The number of nitrogens with one attached hydrogen (secondary N) is 1. The summed E-state index contributed by atoms with van der Waals surface area (Å²) in [6, 6.07) is -1.08. The predicted molar refractivity (Wildman–Crippen MR) is 94.9 cm³/mol. The predicted octanol–water partition coefficient (Wildman–Crippen LogP) is 2.18. The minimum Gasteiger partial charge on any atom is -0.345 e. The Kier molecular flexibility index (Phi) is 11.7. The Morgan fingerprint density at radius 1 is 1.09 bits per heavy atom. The molecule has 128 valence electrons. The summed E-state index contributed by atoms with van der Waals surface area (Å²) in [6.45, 7) is 6.99. The molecule has 0 heterocycles. The molecule has 0 saturated carbocycles. The van der Waals surface area contributed by atoms with Gasteiger partial charge in [-0.2, -0.15) is 0 Å². The first-order chi connectivity index (χ1) is 10.3. The van der Waals surface area contributed by atoms with Crippen LogP contribution in [0.15, 0.2) is 0 Å². The molecule has 0 aliphatic carbocycles. The molecule has 7 heteroatoms. The number of nitrogens with two attached hydrogens (primary N) is 1. The van der Waals surface area contributed by atoms with Gasteiger partial charge in [0.05, 0.1) is 12.1 Å². The molecule has 3 atom stereocenters. The van der Waals surface area contributed by atoms with E-state index in [0.717, 1.165) is 12.8 Å². The molecular formula is C15H28N2O3S2. The number of hydrogen-bond acceptors (Lipinski definition) is 6. The lowest BCUT2D eigenvalue weighted by atomic mass is 10.1. The van der Waals surface area contributed by atoms with Crippen LogP contribution in [0.3, 0.4) is 0 Å². The van der Waals surface area contributed by atoms with Gasteiger partial charge in [-0.05, 0) is 20.3 Å². The second-order valence-corrected chi connectivity index (χ2v) is 8.05. The Morgan fingerprint density at radius 2 is 1.68 bits per heavy atom. The van der Waals surface area contributed by atoms with Gasteiger partial charge < -0.3 is 11.1 Å². The van der Waals surface area contributed by atoms with Crippen molar-refractivity contribution in [3.63, 3.8) is 0 Å². The van der Waals surface area contributed by atoms with E-state index in [1.807, 2.05) is 13.8 Å². The Bertz CT molecular complexity index is 378. The summed E-state index contributed by atoms with van der Waals surface area (Å²) in [6.07, 6.45) is 2.53. The smallest absolute Gasteiger partial charge is 0.238 e. The summed E-state index contributed by atoms with van der Waals surface area (Å²) >= 11 is 0. The number of amides is 1. The second kappa shape index (κ2) is 12.0. The molecule has 0 aliphatic heterocycles. The van der Waals surface area contributed by atoms with E-state index < -0.39 is 12.1 Å². The van der Waals surface area contributed by atoms with Gasteiger partial charge in [-0.1, -0.05) is 48.3 Å². The lowest BCUT2D eigenvalue weighted by Crippen LogP contribution is -2.48. The standard InChI is InChI=1S/C15H28N2O3S2/c1-5-6-7-14(12(4)19)17-15(20)13(16)9-22-21-8-10(2)11(3)18/h10,13-14H,5-9,16H2,1-4H3,(H,17,20). The zero-order valence-corrected chi connectivity index (χ0v) is 15.5. The van der Waals surface area contributed by atoms with E-state index in [1.54, 1.807) is 17.7 Å². The molecule has 0 rings (SSSR count). The fourth-order valence-corrected chi connectivity index (χ4v) is 4.09. The van der Waals surface area contributed by atoms with Crippen LogP contribution >= 0.6 is 21.6 Å². The third-order valence-corrected chi connectivity index (χ3v) is 5.95. The molecule has 0 bridgehead atoms. The fraction of sp³-hybridized carbons (Fsp3) is 0.800. The van der Waals surface area contributed by atoms with Crippen molar-refractivity contribution in [2.24, 2.45) is 11.7 Å². The summed E-state index contributed by atoms with van der Waals surface area (Å²) in [5.41, 5.74) is 5.85. The zero-order chi connectivity index (χ0) is 17.1. The number of carbonyl (C=O) groups excluding carboxylic acids is 3. The van der Waals surface area contributed by atoms with Crippen LogP contribution in [0.5, 0.6) is 0 Å². The van der Waals surface area contributed by atoms with Crippen LogP contribution < -0.4 is 11.1 Å². The van der Waals surface area contributed by atoms with Crippen molar-refractivity contribution in [1.82, 2.24) is 5.32 Å². The van der Waals surface area contributed by atoms with Gasteiger partial charge in [0.25, 0.3) is 0 Å². The lowest BCUT2D eigenvalue weighted by Gasteiger charge is -2.18. The highest BCUT2D eigenvalue weighted by molar-refractivity contribution is 8.76. The molecule has 0 aromatic rings. The van der Waals surface area contributed by atoms with Crippen molar-refractivity contribution in [3.05, 3.63) is 0 Å². The topological polar surface area (TPSA) is 89.3 Å². The van der Waals surface area contributed by atoms with Crippen LogP contribution in [0.25, 0.3) is 0 Å². The maximum absolute atomic E-state index is 12.0. The van der Waals surface area contributed by atoms with Crippen molar-refractivity contribution < 1.29 is 14.4 Å². The quantitative estimate of drug-likeness (QED) is 0.415. The summed E-state index contributed by atoms with van der Waals surface area (Å²) in [7, 11) is 3.03. The van der Waals surface area contributed by atoms with Crippen LogP contribution in [0.1, 0.15) is 47.0 Å². The van der Waals surface area contributed by atoms with E-state index in [0.29, 0.717) is 17.9 Å². The number of unbranched alkanes of at least 4 members (excludes halogenated alkanes) is 1.